The second-order valence-corrected chi connectivity index (χ2v) is 9.39. The van der Waals surface area contributed by atoms with Crippen molar-refractivity contribution in [1.82, 2.24) is 4.90 Å². The fourth-order valence-electron chi connectivity index (χ4n) is 3.80. The van der Waals surface area contributed by atoms with Crippen molar-refractivity contribution in [2.24, 2.45) is 5.92 Å². The predicted octanol–water partition coefficient (Wildman–Crippen LogP) is 1.92. The fraction of sp³-hybridized carbons (Fsp3) is 0.933. The van der Waals surface area contributed by atoms with Crippen LogP contribution in [0, 0.1) is 5.92 Å². The second-order valence-electron chi connectivity index (χ2n) is 6.71. The second kappa shape index (κ2) is 6.65. The first kappa shape index (κ1) is 16.7. The van der Waals surface area contributed by atoms with E-state index in [-0.39, 0.29) is 11.0 Å². The first-order chi connectivity index (χ1) is 9.83. The third-order valence-corrected chi connectivity index (χ3v) is 7.36. The van der Waals surface area contributed by atoms with Crippen molar-refractivity contribution < 1.29 is 18.3 Å². The normalized spacial score (nSPS) is 30.5. The maximum Gasteiger partial charge on any atom is 0.320 e. The van der Waals surface area contributed by atoms with Gasteiger partial charge in [0.25, 0.3) is 0 Å². The lowest BCUT2D eigenvalue weighted by atomic mass is 9.85. The maximum atomic E-state index is 11.9. The zero-order valence-electron chi connectivity index (χ0n) is 13.0. The van der Waals surface area contributed by atoms with Crippen LogP contribution >= 0.6 is 0 Å². The van der Waals surface area contributed by atoms with Crippen LogP contribution in [0.2, 0.25) is 0 Å². The maximum absolute atomic E-state index is 11.9. The van der Waals surface area contributed by atoms with E-state index in [9.17, 15) is 18.3 Å². The minimum Gasteiger partial charge on any atom is -0.480 e. The highest BCUT2D eigenvalue weighted by molar-refractivity contribution is 7.91. The van der Waals surface area contributed by atoms with Gasteiger partial charge in [-0.2, -0.15) is 0 Å². The van der Waals surface area contributed by atoms with E-state index in [1.807, 2.05) is 0 Å². The van der Waals surface area contributed by atoms with Gasteiger partial charge in [-0.1, -0.05) is 12.8 Å². The molecule has 2 rings (SSSR count). The predicted molar refractivity (Wildman–Crippen MR) is 82.0 cm³/mol. The summed E-state index contributed by atoms with van der Waals surface area (Å²) in [6.45, 7) is 3.98. The number of fused-ring (bicyclic) bond motifs is 1. The highest BCUT2D eigenvalue weighted by Crippen LogP contribution is 2.39. The van der Waals surface area contributed by atoms with E-state index in [4.69, 9.17) is 0 Å². The quantitative estimate of drug-likeness (QED) is 0.810. The van der Waals surface area contributed by atoms with E-state index in [0.717, 1.165) is 25.7 Å². The minimum absolute atomic E-state index is 0.158. The molecule has 2 aliphatic rings. The monoisotopic (exact) mass is 317 g/mol. The lowest BCUT2D eigenvalue weighted by Crippen LogP contribution is -2.43. The standard InChI is InChI=1S/C15H27NO4S/c1-11(2)21(19,20)9-5-8-16-13-7-4-3-6-12(13)10-14(16)15(17)18/h11-14H,3-10H2,1-2H3,(H,17,18). The molecule has 0 aromatic carbocycles. The number of carboxylic acids is 1. The summed E-state index contributed by atoms with van der Waals surface area (Å²) in [7, 11) is -3.03. The Hall–Kier alpha value is -0.620. The number of likely N-dealkylation sites (tertiary alicyclic amines) is 1. The van der Waals surface area contributed by atoms with Gasteiger partial charge in [0.1, 0.15) is 6.04 Å². The van der Waals surface area contributed by atoms with E-state index in [1.54, 1.807) is 13.8 Å². The van der Waals surface area contributed by atoms with Crippen LogP contribution in [-0.4, -0.2) is 54.0 Å². The summed E-state index contributed by atoms with van der Waals surface area (Å²) in [6.07, 6.45) is 5.81. The highest BCUT2D eigenvalue weighted by Gasteiger charge is 2.44. The molecule has 1 aliphatic heterocycles. The SMILES string of the molecule is CC(C)S(=O)(=O)CCCN1C(C(=O)O)CC2CCCCC21. The number of carboxylic acid groups (broad SMARTS) is 1. The summed E-state index contributed by atoms with van der Waals surface area (Å²) < 4.78 is 23.7. The van der Waals surface area contributed by atoms with E-state index in [0.29, 0.717) is 24.9 Å². The van der Waals surface area contributed by atoms with Crippen molar-refractivity contribution in [3.8, 4) is 0 Å². The van der Waals surface area contributed by atoms with Crippen LogP contribution in [0.5, 0.6) is 0 Å². The number of rotatable bonds is 6. The van der Waals surface area contributed by atoms with Crippen molar-refractivity contribution in [3.63, 3.8) is 0 Å². The summed E-state index contributed by atoms with van der Waals surface area (Å²) >= 11 is 0. The van der Waals surface area contributed by atoms with Crippen LogP contribution in [0.25, 0.3) is 0 Å². The lowest BCUT2D eigenvalue weighted by Gasteiger charge is -2.33. The first-order valence-electron chi connectivity index (χ1n) is 8.03. The molecular weight excluding hydrogens is 290 g/mol. The van der Waals surface area contributed by atoms with Gasteiger partial charge in [-0.15, -0.1) is 0 Å². The lowest BCUT2D eigenvalue weighted by molar-refractivity contribution is -0.142. The largest absolute Gasteiger partial charge is 0.480 e. The van der Waals surface area contributed by atoms with Crippen LogP contribution in [0.3, 0.4) is 0 Å². The van der Waals surface area contributed by atoms with Crippen molar-refractivity contribution >= 4 is 15.8 Å². The van der Waals surface area contributed by atoms with Gasteiger partial charge in [0.15, 0.2) is 9.84 Å². The summed E-state index contributed by atoms with van der Waals surface area (Å²) in [4.78, 5) is 13.5. The number of carbonyl (C=O) groups is 1. The Morgan fingerprint density at radius 1 is 1.29 bits per heavy atom. The molecule has 2 fully saturated rings. The zero-order chi connectivity index (χ0) is 15.6. The fourth-order valence-corrected chi connectivity index (χ4v) is 4.80. The molecule has 122 valence electrons. The molecular formula is C15H27NO4S. The molecule has 1 heterocycles. The zero-order valence-corrected chi connectivity index (χ0v) is 13.8. The van der Waals surface area contributed by atoms with Crippen LogP contribution < -0.4 is 0 Å². The average molecular weight is 317 g/mol. The molecule has 1 saturated heterocycles. The highest BCUT2D eigenvalue weighted by atomic mass is 32.2. The number of hydrogen-bond donors (Lipinski definition) is 1. The number of sulfone groups is 1. The number of nitrogens with zero attached hydrogens (tertiary/aromatic N) is 1. The molecule has 1 aliphatic carbocycles. The van der Waals surface area contributed by atoms with Crippen molar-refractivity contribution in [2.45, 2.75) is 69.7 Å². The third-order valence-electron chi connectivity index (χ3n) is 5.07. The molecule has 3 atom stereocenters. The van der Waals surface area contributed by atoms with Crippen molar-refractivity contribution in [1.29, 1.82) is 0 Å². The molecule has 5 nitrogen and oxygen atoms in total. The van der Waals surface area contributed by atoms with Crippen molar-refractivity contribution in [3.05, 3.63) is 0 Å². The van der Waals surface area contributed by atoms with Crippen LogP contribution in [-0.2, 0) is 14.6 Å². The molecule has 0 spiro atoms. The molecule has 6 heteroatoms. The molecule has 0 aromatic heterocycles. The van der Waals surface area contributed by atoms with Gasteiger partial charge in [-0.3, -0.25) is 9.69 Å². The smallest absolute Gasteiger partial charge is 0.320 e. The van der Waals surface area contributed by atoms with E-state index >= 15 is 0 Å². The molecule has 0 bridgehead atoms. The van der Waals surface area contributed by atoms with E-state index < -0.39 is 21.8 Å². The number of hydrogen-bond acceptors (Lipinski definition) is 4. The Morgan fingerprint density at radius 2 is 1.95 bits per heavy atom. The Kier molecular flexibility index (Phi) is 5.30. The van der Waals surface area contributed by atoms with Gasteiger partial charge in [0, 0.05) is 12.6 Å². The number of aliphatic carboxylic acids is 1. The Bertz CT molecular complexity index is 474. The van der Waals surface area contributed by atoms with Gasteiger partial charge in [-0.05, 0) is 45.4 Å². The van der Waals surface area contributed by atoms with Crippen LogP contribution in [0.4, 0.5) is 0 Å². The molecule has 0 aromatic rings. The van der Waals surface area contributed by atoms with Gasteiger partial charge in [0.2, 0.25) is 0 Å². The van der Waals surface area contributed by atoms with E-state index in [1.165, 1.54) is 6.42 Å². The van der Waals surface area contributed by atoms with Crippen molar-refractivity contribution in [2.75, 3.05) is 12.3 Å². The summed E-state index contributed by atoms with van der Waals surface area (Å²) in [5, 5.41) is 9.07. The van der Waals surface area contributed by atoms with Gasteiger partial charge in [0.05, 0.1) is 11.0 Å². The summed E-state index contributed by atoms with van der Waals surface area (Å²) in [5.74, 6) is -0.108. The van der Waals surface area contributed by atoms with Crippen LogP contribution in [0.1, 0.15) is 52.4 Å². The topological polar surface area (TPSA) is 74.7 Å². The molecule has 1 N–H and O–H groups in total. The summed E-state index contributed by atoms with van der Waals surface area (Å²) in [6, 6.07) is -0.0681. The molecule has 21 heavy (non-hydrogen) atoms. The molecule has 1 saturated carbocycles. The Morgan fingerprint density at radius 3 is 2.57 bits per heavy atom. The summed E-state index contributed by atoms with van der Waals surface area (Å²) in [5.41, 5.74) is 0. The Balaban J connectivity index is 1.97. The molecule has 0 amide bonds. The van der Waals surface area contributed by atoms with Gasteiger partial charge < -0.3 is 5.11 Å². The third kappa shape index (κ3) is 3.77. The van der Waals surface area contributed by atoms with Crippen LogP contribution in [0.15, 0.2) is 0 Å². The molecule has 0 radical (unpaired) electrons. The first-order valence-corrected chi connectivity index (χ1v) is 9.74. The minimum atomic E-state index is -3.03. The Labute approximate surface area is 127 Å². The molecule has 3 unspecified atom stereocenters. The van der Waals surface area contributed by atoms with E-state index in [2.05, 4.69) is 4.90 Å². The average Bonchev–Trinajstić information content (AvgIpc) is 2.78. The van der Waals surface area contributed by atoms with Gasteiger partial charge >= 0.3 is 5.97 Å². The van der Waals surface area contributed by atoms with Gasteiger partial charge in [-0.25, -0.2) is 8.42 Å².